The van der Waals surface area contributed by atoms with Crippen LogP contribution in [-0.4, -0.2) is 44.1 Å². The van der Waals surface area contributed by atoms with Gasteiger partial charge in [0.05, 0.1) is 0 Å². The van der Waals surface area contributed by atoms with Crippen LogP contribution in [0.2, 0.25) is 0 Å². The number of likely N-dealkylation sites (tertiary alicyclic amines) is 1. The lowest BCUT2D eigenvalue weighted by atomic mass is 9.83. The smallest absolute Gasteiger partial charge is 0.225 e. The predicted molar refractivity (Wildman–Crippen MR) is 111 cm³/mol. The first-order chi connectivity index (χ1) is 14.1. The summed E-state index contributed by atoms with van der Waals surface area (Å²) < 4.78 is 0. The number of amides is 1. The number of carbonyl (C=O) groups excluding carboxylic acids is 1. The van der Waals surface area contributed by atoms with Gasteiger partial charge in [-0.05, 0) is 57.8 Å². The molecule has 0 bridgehead atoms. The zero-order chi connectivity index (χ0) is 19.8. The Morgan fingerprint density at radius 1 is 1.10 bits per heavy atom. The van der Waals surface area contributed by atoms with Crippen LogP contribution >= 0.6 is 0 Å². The molecule has 0 atom stereocenters. The maximum Gasteiger partial charge on any atom is 0.225 e. The molecule has 0 radical (unpaired) electrons. The van der Waals surface area contributed by atoms with Crippen molar-refractivity contribution in [3.8, 4) is 0 Å². The molecule has 154 valence electrons. The first-order valence-electron chi connectivity index (χ1n) is 11.1. The molecule has 3 fully saturated rings. The fraction of sp³-hybridized carbons (Fsp3) is 0.636. The van der Waals surface area contributed by atoms with E-state index < -0.39 is 0 Å². The molecule has 2 aromatic rings. The van der Waals surface area contributed by atoms with Gasteiger partial charge in [0, 0.05) is 48.4 Å². The van der Waals surface area contributed by atoms with Crippen LogP contribution in [0.3, 0.4) is 0 Å². The maximum absolute atomic E-state index is 12.5. The second-order valence-electron chi connectivity index (χ2n) is 9.04. The molecule has 0 spiro atoms. The third-order valence-electron chi connectivity index (χ3n) is 6.58. The highest BCUT2D eigenvalue weighted by Gasteiger charge is 2.32. The quantitative estimate of drug-likeness (QED) is 0.780. The van der Waals surface area contributed by atoms with E-state index in [1.54, 1.807) is 0 Å². The molecule has 2 aliphatic carbocycles. The van der Waals surface area contributed by atoms with Crippen molar-refractivity contribution in [1.29, 1.82) is 0 Å². The number of rotatable bonds is 6. The van der Waals surface area contributed by atoms with Gasteiger partial charge in [0.25, 0.3) is 0 Å². The molecule has 1 amide bonds. The van der Waals surface area contributed by atoms with Crippen molar-refractivity contribution in [2.45, 2.75) is 64.2 Å². The second-order valence-corrected chi connectivity index (χ2v) is 9.04. The van der Waals surface area contributed by atoms with Gasteiger partial charge in [-0.3, -0.25) is 9.89 Å². The Labute approximate surface area is 171 Å². The van der Waals surface area contributed by atoms with Gasteiger partial charge in [0.2, 0.25) is 5.91 Å². The van der Waals surface area contributed by atoms with Gasteiger partial charge in [-0.2, -0.15) is 5.10 Å². The standard InChI is InChI=1S/C22H30N6O/c1-14-11-20(27-26-14)24-19-13-18(23-21(25-19)16-5-6-16)12-15-7-9-28(10-8-15)22(29)17-3-2-4-17/h11,13,15-17H,2-10,12H2,1H3,(H2,23,24,25,26,27). The normalized spacial score (nSPS) is 20.5. The third kappa shape index (κ3) is 4.28. The Balaban J connectivity index is 1.24. The molecule has 29 heavy (non-hydrogen) atoms. The molecule has 7 nitrogen and oxygen atoms in total. The lowest BCUT2D eigenvalue weighted by molar-refractivity contribution is -0.139. The summed E-state index contributed by atoms with van der Waals surface area (Å²) in [7, 11) is 0. The molecule has 0 aromatic carbocycles. The average molecular weight is 395 g/mol. The zero-order valence-corrected chi connectivity index (χ0v) is 17.2. The number of aromatic amines is 1. The van der Waals surface area contributed by atoms with Gasteiger partial charge in [0.1, 0.15) is 11.6 Å². The van der Waals surface area contributed by atoms with Crippen LogP contribution in [0.1, 0.15) is 68.1 Å². The number of hydrogen-bond donors (Lipinski definition) is 2. The number of aromatic nitrogens is 4. The molecule has 3 heterocycles. The van der Waals surface area contributed by atoms with E-state index in [0.717, 1.165) is 74.0 Å². The largest absolute Gasteiger partial charge is 0.342 e. The lowest BCUT2D eigenvalue weighted by Gasteiger charge is -2.36. The number of hydrogen-bond acceptors (Lipinski definition) is 5. The Hall–Kier alpha value is -2.44. The summed E-state index contributed by atoms with van der Waals surface area (Å²) in [6.45, 7) is 3.79. The van der Waals surface area contributed by atoms with Crippen molar-refractivity contribution in [3.05, 3.63) is 29.3 Å². The molecule has 1 saturated heterocycles. The summed E-state index contributed by atoms with van der Waals surface area (Å²) in [5.41, 5.74) is 2.13. The highest BCUT2D eigenvalue weighted by Crippen LogP contribution is 2.39. The summed E-state index contributed by atoms with van der Waals surface area (Å²) in [5.74, 6) is 4.40. The Bertz CT molecular complexity index is 877. The van der Waals surface area contributed by atoms with Crippen LogP contribution in [0.4, 0.5) is 11.6 Å². The van der Waals surface area contributed by atoms with Crippen molar-refractivity contribution >= 4 is 17.5 Å². The van der Waals surface area contributed by atoms with Crippen molar-refractivity contribution in [2.75, 3.05) is 18.4 Å². The second kappa shape index (κ2) is 7.76. The third-order valence-corrected chi connectivity index (χ3v) is 6.58. The van der Waals surface area contributed by atoms with Gasteiger partial charge in [0.15, 0.2) is 5.82 Å². The van der Waals surface area contributed by atoms with E-state index in [9.17, 15) is 4.79 Å². The zero-order valence-electron chi connectivity index (χ0n) is 17.2. The molecular weight excluding hydrogens is 364 g/mol. The minimum Gasteiger partial charge on any atom is -0.342 e. The molecule has 2 aromatic heterocycles. The summed E-state index contributed by atoms with van der Waals surface area (Å²) in [6.07, 6.45) is 8.88. The van der Waals surface area contributed by atoms with Crippen molar-refractivity contribution in [1.82, 2.24) is 25.1 Å². The van der Waals surface area contributed by atoms with E-state index in [1.165, 1.54) is 19.3 Å². The molecule has 7 heteroatoms. The summed E-state index contributed by atoms with van der Waals surface area (Å²) in [5, 5.41) is 10.5. The van der Waals surface area contributed by atoms with Gasteiger partial charge >= 0.3 is 0 Å². The Kier molecular flexibility index (Phi) is 4.97. The molecule has 0 unspecified atom stereocenters. The van der Waals surface area contributed by atoms with Crippen LogP contribution in [0.25, 0.3) is 0 Å². The van der Waals surface area contributed by atoms with Gasteiger partial charge in [-0.25, -0.2) is 9.97 Å². The fourth-order valence-corrected chi connectivity index (χ4v) is 4.39. The topological polar surface area (TPSA) is 86.8 Å². The molecule has 3 aliphatic rings. The minimum absolute atomic E-state index is 0.314. The molecule has 1 aliphatic heterocycles. The maximum atomic E-state index is 12.5. The highest BCUT2D eigenvalue weighted by molar-refractivity contribution is 5.79. The van der Waals surface area contributed by atoms with Crippen LogP contribution in [0.15, 0.2) is 12.1 Å². The number of nitrogens with one attached hydrogen (secondary N) is 2. The molecular formula is C22H30N6O. The molecule has 2 saturated carbocycles. The van der Waals surface area contributed by atoms with Crippen LogP contribution in [-0.2, 0) is 11.2 Å². The number of piperidine rings is 1. The molecule has 5 rings (SSSR count). The highest BCUT2D eigenvalue weighted by atomic mass is 16.2. The van der Waals surface area contributed by atoms with Crippen LogP contribution < -0.4 is 5.32 Å². The number of carbonyl (C=O) groups is 1. The first kappa shape index (κ1) is 18.6. The summed E-state index contributed by atoms with van der Waals surface area (Å²) >= 11 is 0. The van der Waals surface area contributed by atoms with E-state index in [4.69, 9.17) is 9.97 Å². The van der Waals surface area contributed by atoms with E-state index in [1.807, 2.05) is 13.0 Å². The Morgan fingerprint density at radius 2 is 1.90 bits per heavy atom. The van der Waals surface area contributed by atoms with Gasteiger partial charge in [-0.15, -0.1) is 0 Å². The van der Waals surface area contributed by atoms with E-state index in [2.05, 4.69) is 26.5 Å². The SMILES string of the molecule is Cc1cc(Nc2cc(CC3CCN(C(=O)C4CCC4)CC3)nc(C3CC3)n2)n[nH]1. The molecule has 2 N–H and O–H groups in total. The van der Waals surface area contributed by atoms with Gasteiger partial charge < -0.3 is 10.2 Å². The first-order valence-corrected chi connectivity index (χ1v) is 11.1. The predicted octanol–water partition coefficient (Wildman–Crippen LogP) is 3.71. The van der Waals surface area contributed by atoms with Crippen molar-refractivity contribution < 1.29 is 4.79 Å². The fourth-order valence-electron chi connectivity index (χ4n) is 4.39. The average Bonchev–Trinajstić information content (AvgIpc) is 3.44. The van der Waals surface area contributed by atoms with Gasteiger partial charge in [-0.1, -0.05) is 6.42 Å². The minimum atomic E-state index is 0.314. The van der Waals surface area contributed by atoms with Crippen LogP contribution in [0, 0.1) is 18.8 Å². The lowest BCUT2D eigenvalue weighted by Crippen LogP contribution is -2.43. The van der Waals surface area contributed by atoms with E-state index in [-0.39, 0.29) is 0 Å². The number of nitrogens with zero attached hydrogens (tertiary/aromatic N) is 4. The number of anilines is 2. The summed E-state index contributed by atoms with van der Waals surface area (Å²) in [6, 6.07) is 4.05. The van der Waals surface area contributed by atoms with E-state index in [0.29, 0.717) is 23.7 Å². The van der Waals surface area contributed by atoms with Crippen molar-refractivity contribution in [2.24, 2.45) is 11.8 Å². The van der Waals surface area contributed by atoms with Crippen LogP contribution in [0.5, 0.6) is 0 Å². The number of H-pyrrole nitrogens is 1. The monoisotopic (exact) mass is 394 g/mol. The summed E-state index contributed by atoms with van der Waals surface area (Å²) in [4.78, 5) is 24.2. The number of aryl methyl sites for hydroxylation is 1. The Morgan fingerprint density at radius 3 is 2.52 bits per heavy atom. The van der Waals surface area contributed by atoms with Crippen molar-refractivity contribution in [3.63, 3.8) is 0 Å². The van der Waals surface area contributed by atoms with E-state index >= 15 is 0 Å².